The highest BCUT2D eigenvalue weighted by Gasteiger charge is 2.42. The van der Waals surface area contributed by atoms with Crippen LogP contribution in [0.4, 0.5) is 26.3 Å². The molecule has 1 aliphatic heterocycles. The van der Waals surface area contributed by atoms with Crippen LogP contribution in [0, 0.1) is 5.82 Å². The molecule has 0 spiro atoms. The summed E-state index contributed by atoms with van der Waals surface area (Å²) in [5.41, 5.74) is -1.59. The lowest BCUT2D eigenvalue weighted by atomic mass is 9.91. The summed E-state index contributed by atoms with van der Waals surface area (Å²) in [6, 6.07) is 6.67. The van der Waals surface area contributed by atoms with Crippen LogP contribution in [0.2, 0.25) is 0 Å². The quantitative estimate of drug-likeness (QED) is 0.463. The number of ether oxygens (including phenoxy) is 3. The van der Waals surface area contributed by atoms with Gasteiger partial charge in [-0.2, -0.15) is 22.0 Å². The summed E-state index contributed by atoms with van der Waals surface area (Å²) in [4.78, 5) is 0. The average Bonchev–Trinajstić information content (AvgIpc) is 2.70. The van der Waals surface area contributed by atoms with Crippen LogP contribution in [0.1, 0.15) is 49.3 Å². The molecule has 170 valence electrons. The molecule has 31 heavy (non-hydrogen) atoms. The first kappa shape index (κ1) is 23.2. The van der Waals surface area contributed by atoms with E-state index in [-0.39, 0.29) is 18.6 Å². The van der Waals surface area contributed by atoms with Crippen molar-refractivity contribution in [3.63, 3.8) is 0 Å². The maximum Gasteiger partial charge on any atom is 0.426 e. The Hall–Kier alpha value is -2.42. The second-order valence-electron chi connectivity index (χ2n) is 7.34. The van der Waals surface area contributed by atoms with Crippen molar-refractivity contribution in [1.82, 2.24) is 0 Å². The fraction of sp³-hybridized carbons (Fsp3) is 0.455. The predicted octanol–water partition coefficient (Wildman–Crippen LogP) is 6.65. The van der Waals surface area contributed by atoms with Crippen LogP contribution in [-0.2, 0) is 17.0 Å². The number of hydrogen-bond donors (Lipinski definition) is 0. The van der Waals surface area contributed by atoms with E-state index in [0.717, 1.165) is 36.6 Å². The molecule has 0 amide bonds. The van der Waals surface area contributed by atoms with Crippen LogP contribution in [0.3, 0.4) is 0 Å². The van der Waals surface area contributed by atoms with Crippen molar-refractivity contribution >= 4 is 0 Å². The Morgan fingerprint density at radius 3 is 2.16 bits per heavy atom. The zero-order valence-corrected chi connectivity index (χ0v) is 16.9. The first-order valence-corrected chi connectivity index (χ1v) is 9.84. The molecular formula is C22H22F6O3. The minimum absolute atomic E-state index is 0.0673. The van der Waals surface area contributed by atoms with E-state index in [1.54, 1.807) is 0 Å². The smallest absolute Gasteiger partial charge is 0.426 e. The largest absolute Gasteiger partial charge is 0.493 e. The Bertz CT molecular complexity index is 887. The molecule has 2 aromatic rings. The van der Waals surface area contributed by atoms with E-state index < -0.39 is 40.7 Å². The van der Waals surface area contributed by atoms with Crippen molar-refractivity contribution in [2.24, 2.45) is 0 Å². The molecule has 0 radical (unpaired) electrons. The molecular weight excluding hydrogens is 426 g/mol. The van der Waals surface area contributed by atoms with Crippen LogP contribution in [-0.4, -0.2) is 19.3 Å². The third-order valence-electron chi connectivity index (χ3n) is 5.11. The van der Waals surface area contributed by atoms with Crippen LogP contribution < -0.4 is 9.47 Å². The Labute approximate surface area is 175 Å². The summed E-state index contributed by atoms with van der Waals surface area (Å²) in [6.07, 6.45) is -7.34. The van der Waals surface area contributed by atoms with Gasteiger partial charge in [0, 0.05) is 5.92 Å². The lowest BCUT2D eigenvalue weighted by Gasteiger charge is -2.27. The fourth-order valence-corrected chi connectivity index (χ4v) is 3.45. The first-order chi connectivity index (χ1) is 14.5. The van der Waals surface area contributed by atoms with Crippen molar-refractivity contribution in [2.45, 2.75) is 51.0 Å². The third kappa shape index (κ3) is 5.26. The zero-order chi connectivity index (χ0) is 22.8. The van der Waals surface area contributed by atoms with Gasteiger partial charge in [0.2, 0.25) is 0 Å². The van der Waals surface area contributed by atoms with Gasteiger partial charge in [-0.15, -0.1) is 0 Å². The SMILES string of the molecule is CCOc1ccc(OC(F)(F)c2ccc(C3CCC(C)OC3)cc2)c(F)c1C(F)(F)F. The first-order valence-electron chi connectivity index (χ1n) is 9.84. The standard InChI is InChI=1S/C22H22F6O3/c1-3-29-17-10-11-18(20(23)19(17)21(24,25)26)31-22(27,28)16-8-6-14(7-9-16)15-5-4-13(2)30-12-15/h6-11,13,15H,3-5,12H2,1-2H3. The lowest BCUT2D eigenvalue weighted by molar-refractivity contribution is -0.188. The molecule has 0 aromatic heterocycles. The van der Waals surface area contributed by atoms with E-state index in [1.165, 1.54) is 19.1 Å². The summed E-state index contributed by atoms with van der Waals surface area (Å²) in [6.45, 7) is 3.70. The molecule has 1 saturated heterocycles. The summed E-state index contributed by atoms with van der Waals surface area (Å²) < 4.78 is 98.1. The van der Waals surface area contributed by atoms with Crippen LogP contribution >= 0.6 is 0 Å². The van der Waals surface area contributed by atoms with Gasteiger partial charge >= 0.3 is 12.3 Å². The van der Waals surface area contributed by atoms with Crippen molar-refractivity contribution < 1.29 is 40.6 Å². The molecule has 2 atom stereocenters. The normalized spacial score (nSPS) is 19.9. The number of rotatable bonds is 6. The van der Waals surface area contributed by atoms with Crippen molar-refractivity contribution in [2.75, 3.05) is 13.2 Å². The van der Waals surface area contributed by atoms with Crippen LogP contribution in [0.15, 0.2) is 36.4 Å². The van der Waals surface area contributed by atoms with E-state index in [2.05, 4.69) is 4.74 Å². The number of hydrogen-bond acceptors (Lipinski definition) is 3. The minimum Gasteiger partial charge on any atom is -0.493 e. The van der Waals surface area contributed by atoms with E-state index in [1.807, 2.05) is 6.92 Å². The highest BCUT2D eigenvalue weighted by Crippen LogP contribution is 2.43. The molecule has 1 heterocycles. The maximum atomic E-state index is 14.6. The number of benzene rings is 2. The molecule has 1 aliphatic rings. The molecule has 0 N–H and O–H groups in total. The average molecular weight is 448 g/mol. The van der Waals surface area contributed by atoms with E-state index in [4.69, 9.17) is 9.47 Å². The number of alkyl halides is 5. The summed E-state index contributed by atoms with van der Waals surface area (Å²) >= 11 is 0. The van der Waals surface area contributed by atoms with Gasteiger partial charge in [0.25, 0.3) is 0 Å². The van der Waals surface area contributed by atoms with Gasteiger partial charge < -0.3 is 14.2 Å². The van der Waals surface area contributed by atoms with Crippen molar-refractivity contribution in [3.05, 3.63) is 58.9 Å². The van der Waals surface area contributed by atoms with Gasteiger partial charge in [0.05, 0.1) is 24.9 Å². The Balaban J connectivity index is 1.83. The third-order valence-corrected chi connectivity index (χ3v) is 5.11. The van der Waals surface area contributed by atoms with Gasteiger partial charge in [-0.25, -0.2) is 4.39 Å². The van der Waals surface area contributed by atoms with Gasteiger partial charge in [0.1, 0.15) is 11.3 Å². The van der Waals surface area contributed by atoms with Crippen molar-refractivity contribution in [1.29, 1.82) is 0 Å². The second kappa shape index (κ2) is 8.98. The molecule has 3 rings (SSSR count). The molecule has 2 aromatic carbocycles. The Kier molecular flexibility index (Phi) is 6.73. The summed E-state index contributed by atoms with van der Waals surface area (Å²) in [7, 11) is 0. The van der Waals surface area contributed by atoms with Crippen LogP contribution in [0.5, 0.6) is 11.5 Å². The van der Waals surface area contributed by atoms with E-state index in [9.17, 15) is 26.3 Å². The van der Waals surface area contributed by atoms with E-state index >= 15 is 0 Å². The Morgan fingerprint density at radius 2 is 1.61 bits per heavy atom. The topological polar surface area (TPSA) is 27.7 Å². The van der Waals surface area contributed by atoms with Gasteiger partial charge in [-0.1, -0.05) is 12.1 Å². The summed E-state index contributed by atoms with van der Waals surface area (Å²) in [5, 5.41) is 0. The zero-order valence-electron chi connectivity index (χ0n) is 16.9. The fourth-order valence-electron chi connectivity index (χ4n) is 3.45. The van der Waals surface area contributed by atoms with E-state index in [0.29, 0.717) is 12.7 Å². The monoisotopic (exact) mass is 448 g/mol. The van der Waals surface area contributed by atoms with Gasteiger partial charge in [-0.05, 0) is 56.5 Å². The molecule has 9 heteroatoms. The molecule has 0 aliphatic carbocycles. The minimum atomic E-state index is -5.15. The predicted molar refractivity (Wildman–Crippen MR) is 101 cm³/mol. The van der Waals surface area contributed by atoms with Crippen LogP contribution in [0.25, 0.3) is 0 Å². The molecule has 2 unspecified atom stereocenters. The molecule has 0 bridgehead atoms. The van der Waals surface area contributed by atoms with Gasteiger partial charge in [-0.3, -0.25) is 0 Å². The number of halogens is 6. The van der Waals surface area contributed by atoms with Gasteiger partial charge in [0.15, 0.2) is 11.6 Å². The lowest BCUT2D eigenvalue weighted by Crippen LogP contribution is -2.24. The highest BCUT2D eigenvalue weighted by atomic mass is 19.4. The second-order valence-corrected chi connectivity index (χ2v) is 7.34. The summed E-state index contributed by atoms with van der Waals surface area (Å²) in [5.74, 6) is -3.91. The Morgan fingerprint density at radius 1 is 0.968 bits per heavy atom. The molecule has 3 nitrogen and oxygen atoms in total. The highest BCUT2D eigenvalue weighted by molar-refractivity contribution is 5.44. The molecule has 0 saturated carbocycles. The molecule has 1 fully saturated rings. The maximum absolute atomic E-state index is 14.6. The van der Waals surface area contributed by atoms with Crippen molar-refractivity contribution in [3.8, 4) is 11.5 Å².